The highest BCUT2D eigenvalue weighted by molar-refractivity contribution is 6.66. The van der Waals surface area contributed by atoms with Crippen LogP contribution in [0.15, 0.2) is 18.2 Å². The summed E-state index contributed by atoms with van der Waals surface area (Å²) in [4.78, 5) is 23.3. The molecule has 1 aliphatic rings. The molecule has 4 nitrogen and oxygen atoms in total. The molecule has 1 N–H and O–H groups in total. The highest BCUT2D eigenvalue weighted by atomic mass is 35.5. The summed E-state index contributed by atoms with van der Waals surface area (Å²) in [6.07, 6.45) is 0.355. The Kier molecular flexibility index (Phi) is 2.36. The number of nitrogens with one attached hydrogen (secondary N) is 1. The molecule has 1 aromatic carbocycles. The maximum Gasteiger partial charge on any atom is 0.320 e. The Morgan fingerprint density at radius 3 is 2.93 bits per heavy atom. The fourth-order valence-corrected chi connectivity index (χ4v) is 1.62. The molecular formula is C10H9ClN2O2. The van der Waals surface area contributed by atoms with Gasteiger partial charge in [0.2, 0.25) is 5.91 Å². The first-order chi connectivity index (χ1) is 7.08. The van der Waals surface area contributed by atoms with E-state index < -0.39 is 5.37 Å². The van der Waals surface area contributed by atoms with E-state index >= 15 is 0 Å². The molecule has 0 aliphatic carbocycles. The number of benzene rings is 1. The molecule has 2 amide bonds. The lowest BCUT2D eigenvalue weighted by Crippen LogP contribution is -2.19. The summed E-state index contributed by atoms with van der Waals surface area (Å²) in [5.41, 5.74) is 2.38. The monoisotopic (exact) mass is 224 g/mol. The number of nitrogens with zero attached hydrogens (tertiary/aromatic N) is 1. The molecule has 0 aromatic heterocycles. The number of carbonyl (C=O) groups excluding carboxylic acids is 2. The number of anilines is 2. The molecule has 0 unspecified atom stereocenters. The standard InChI is InChI=1S/C10H9ClN2O2/c1-13(10(11)15)7-2-3-8-6(4-7)5-9(14)12-8/h2-4H,5H2,1H3,(H,12,14). The van der Waals surface area contributed by atoms with Crippen molar-refractivity contribution in [2.75, 3.05) is 17.3 Å². The average Bonchev–Trinajstić information content (AvgIpc) is 2.55. The summed E-state index contributed by atoms with van der Waals surface area (Å²) < 4.78 is 0. The van der Waals surface area contributed by atoms with Crippen LogP contribution in [0.25, 0.3) is 0 Å². The van der Waals surface area contributed by atoms with Crippen LogP contribution in [0.3, 0.4) is 0 Å². The number of halogens is 1. The lowest BCUT2D eigenvalue weighted by Gasteiger charge is -2.14. The molecule has 5 heteroatoms. The van der Waals surface area contributed by atoms with E-state index in [2.05, 4.69) is 5.32 Å². The van der Waals surface area contributed by atoms with Gasteiger partial charge in [-0.1, -0.05) is 0 Å². The molecule has 0 saturated heterocycles. The molecule has 0 fully saturated rings. The van der Waals surface area contributed by atoms with Crippen molar-refractivity contribution in [2.24, 2.45) is 0 Å². The van der Waals surface area contributed by atoms with E-state index in [0.717, 1.165) is 11.3 Å². The first-order valence-electron chi connectivity index (χ1n) is 4.44. The van der Waals surface area contributed by atoms with E-state index in [0.29, 0.717) is 12.1 Å². The Morgan fingerprint density at radius 2 is 2.27 bits per heavy atom. The van der Waals surface area contributed by atoms with Crippen molar-refractivity contribution in [1.82, 2.24) is 0 Å². The lowest BCUT2D eigenvalue weighted by molar-refractivity contribution is -0.115. The summed E-state index contributed by atoms with van der Waals surface area (Å²) >= 11 is 5.35. The number of rotatable bonds is 1. The van der Waals surface area contributed by atoms with Crippen molar-refractivity contribution in [3.8, 4) is 0 Å². The van der Waals surface area contributed by atoms with E-state index in [-0.39, 0.29) is 5.91 Å². The summed E-state index contributed by atoms with van der Waals surface area (Å²) in [5, 5.41) is 2.17. The van der Waals surface area contributed by atoms with Gasteiger partial charge in [-0.2, -0.15) is 0 Å². The van der Waals surface area contributed by atoms with E-state index in [1.54, 1.807) is 25.2 Å². The highest BCUT2D eigenvalue weighted by Gasteiger charge is 2.19. The molecular weight excluding hydrogens is 216 g/mol. The van der Waals surface area contributed by atoms with Crippen LogP contribution in [-0.4, -0.2) is 18.3 Å². The Morgan fingerprint density at radius 1 is 1.53 bits per heavy atom. The lowest BCUT2D eigenvalue weighted by atomic mass is 10.1. The van der Waals surface area contributed by atoms with Crippen molar-refractivity contribution >= 4 is 34.2 Å². The van der Waals surface area contributed by atoms with Crippen LogP contribution >= 0.6 is 11.6 Å². The smallest absolute Gasteiger partial charge is 0.320 e. The quantitative estimate of drug-likeness (QED) is 0.586. The van der Waals surface area contributed by atoms with Crippen LogP contribution in [0, 0.1) is 0 Å². The third-order valence-electron chi connectivity index (χ3n) is 2.36. The number of hydrogen-bond acceptors (Lipinski definition) is 2. The normalized spacial score (nSPS) is 13.3. The number of carbonyl (C=O) groups is 2. The molecule has 0 bridgehead atoms. The van der Waals surface area contributed by atoms with Gasteiger partial charge in [0.1, 0.15) is 0 Å². The summed E-state index contributed by atoms with van der Waals surface area (Å²) in [5.74, 6) is -0.0259. The predicted molar refractivity (Wildman–Crippen MR) is 58.4 cm³/mol. The van der Waals surface area contributed by atoms with E-state index in [1.165, 1.54) is 4.90 Å². The van der Waals surface area contributed by atoms with Crippen LogP contribution in [0.1, 0.15) is 5.56 Å². The Hall–Kier alpha value is -1.55. The van der Waals surface area contributed by atoms with Crippen molar-refractivity contribution in [3.63, 3.8) is 0 Å². The predicted octanol–water partition coefficient (Wildman–Crippen LogP) is 1.98. The first-order valence-corrected chi connectivity index (χ1v) is 4.81. The third kappa shape index (κ3) is 1.80. The summed E-state index contributed by atoms with van der Waals surface area (Å²) in [7, 11) is 1.58. The van der Waals surface area contributed by atoms with E-state index in [1.807, 2.05) is 0 Å². The minimum Gasteiger partial charge on any atom is -0.326 e. The van der Waals surface area contributed by atoms with Crippen molar-refractivity contribution in [3.05, 3.63) is 23.8 Å². The fraction of sp³-hybridized carbons (Fsp3) is 0.200. The van der Waals surface area contributed by atoms with Crippen LogP contribution in [0.4, 0.5) is 16.2 Å². The van der Waals surface area contributed by atoms with Gasteiger partial charge < -0.3 is 10.2 Å². The molecule has 0 radical (unpaired) electrons. The molecule has 78 valence electrons. The van der Waals surface area contributed by atoms with Gasteiger partial charge >= 0.3 is 5.37 Å². The van der Waals surface area contributed by atoms with Gasteiger partial charge in [0.25, 0.3) is 0 Å². The van der Waals surface area contributed by atoms with Gasteiger partial charge in [-0.3, -0.25) is 9.59 Å². The number of amides is 2. The van der Waals surface area contributed by atoms with Crippen molar-refractivity contribution in [2.45, 2.75) is 6.42 Å². The van der Waals surface area contributed by atoms with Crippen molar-refractivity contribution in [1.29, 1.82) is 0 Å². The van der Waals surface area contributed by atoms with Crippen molar-refractivity contribution < 1.29 is 9.59 Å². The maximum atomic E-state index is 11.1. The zero-order valence-corrected chi connectivity index (χ0v) is 8.84. The highest BCUT2D eigenvalue weighted by Crippen LogP contribution is 2.27. The first kappa shape index (κ1) is 9.98. The Bertz CT molecular complexity index is 445. The topological polar surface area (TPSA) is 49.4 Å². The second kappa shape index (κ2) is 3.55. The second-order valence-corrected chi connectivity index (χ2v) is 3.70. The zero-order valence-electron chi connectivity index (χ0n) is 8.08. The fourth-order valence-electron chi connectivity index (χ4n) is 1.53. The van der Waals surface area contributed by atoms with Gasteiger partial charge in [-0.05, 0) is 35.4 Å². The minimum absolute atomic E-state index is 0.0259. The second-order valence-electron chi connectivity index (χ2n) is 3.38. The Labute approximate surface area is 91.8 Å². The third-order valence-corrected chi connectivity index (χ3v) is 2.62. The largest absolute Gasteiger partial charge is 0.326 e. The van der Waals surface area contributed by atoms with Gasteiger partial charge in [0.15, 0.2) is 0 Å². The SMILES string of the molecule is CN(C(=O)Cl)c1ccc2c(c1)CC(=O)N2. The molecule has 0 saturated carbocycles. The molecule has 1 aliphatic heterocycles. The zero-order chi connectivity index (χ0) is 11.0. The molecule has 1 heterocycles. The van der Waals surface area contributed by atoms with Crippen LogP contribution in [-0.2, 0) is 11.2 Å². The summed E-state index contributed by atoms with van der Waals surface area (Å²) in [6.45, 7) is 0. The molecule has 0 atom stereocenters. The van der Waals surface area contributed by atoms with Crippen LogP contribution < -0.4 is 10.2 Å². The molecule has 0 spiro atoms. The molecule has 2 rings (SSSR count). The molecule has 1 aromatic rings. The minimum atomic E-state index is -0.549. The Balaban J connectivity index is 2.35. The average molecular weight is 225 g/mol. The molecule has 15 heavy (non-hydrogen) atoms. The maximum absolute atomic E-state index is 11.1. The van der Waals surface area contributed by atoms with Gasteiger partial charge in [-0.15, -0.1) is 0 Å². The number of fused-ring (bicyclic) bond motifs is 1. The summed E-state index contributed by atoms with van der Waals surface area (Å²) in [6, 6.07) is 5.30. The van der Waals surface area contributed by atoms with Crippen LogP contribution in [0.5, 0.6) is 0 Å². The van der Waals surface area contributed by atoms with E-state index in [4.69, 9.17) is 11.6 Å². The van der Waals surface area contributed by atoms with Crippen LogP contribution in [0.2, 0.25) is 0 Å². The van der Waals surface area contributed by atoms with Gasteiger partial charge in [0.05, 0.1) is 6.42 Å². The number of hydrogen-bond donors (Lipinski definition) is 1. The van der Waals surface area contributed by atoms with Gasteiger partial charge in [-0.25, -0.2) is 0 Å². The van der Waals surface area contributed by atoms with E-state index in [9.17, 15) is 9.59 Å². The van der Waals surface area contributed by atoms with Gasteiger partial charge in [0, 0.05) is 18.4 Å².